The summed E-state index contributed by atoms with van der Waals surface area (Å²) in [7, 11) is 2.21. The monoisotopic (exact) mass is 182 g/mol. The molecular weight excluding hydrogens is 160 g/mol. The minimum atomic E-state index is 0.803. The van der Waals surface area contributed by atoms with E-state index in [9.17, 15) is 0 Å². The van der Waals surface area contributed by atoms with Crippen molar-refractivity contribution in [1.29, 1.82) is 0 Å². The Hall–Kier alpha value is -0.0800. The molecule has 3 atom stereocenters. The van der Waals surface area contributed by atoms with E-state index in [-0.39, 0.29) is 0 Å². The summed E-state index contributed by atoms with van der Waals surface area (Å²) in [5.74, 6) is 3.14. The van der Waals surface area contributed by atoms with Gasteiger partial charge in [0.2, 0.25) is 0 Å². The third-order valence-corrected chi connectivity index (χ3v) is 3.94. The van der Waals surface area contributed by atoms with Crippen LogP contribution in [-0.2, 0) is 0 Å². The van der Waals surface area contributed by atoms with Crippen LogP contribution in [0, 0.1) is 17.8 Å². The lowest BCUT2D eigenvalue weighted by Gasteiger charge is -2.26. The molecule has 0 amide bonds. The Morgan fingerprint density at radius 1 is 1.31 bits per heavy atom. The van der Waals surface area contributed by atoms with E-state index in [4.69, 9.17) is 5.73 Å². The molecule has 2 rings (SSSR count). The fraction of sp³-hybridized carbons (Fsp3) is 1.00. The van der Waals surface area contributed by atoms with Gasteiger partial charge in [-0.15, -0.1) is 0 Å². The van der Waals surface area contributed by atoms with Crippen molar-refractivity contribution in [3.8, 4) is 0 Å². The molecule has 2 nitrogen and oxygen atoms in total. The molecule has 0 saturated heterocycles. The highest BCUT2D eigenvalue weighted by atomic mass is 15.1. The third kappa shape index (κ3) is 2.05. The van der Waals surface area contributed by atoms with Crippen LogP contribution in [0.25, 0.3) is 0 Å². The summed E-state index contributed by atoms with van der Waals surface area (Å²) in [6.45, 7) is 3.16. The molecule has 2 aliphatic rings. The summed E-state index contributed by atoms with van der Waals surface area (Å²) >= 11 is 0. The average molecular weight is 182 g/mol. The lowest BCUT2D eigenvalue weighted by atomic mass is 9.88. The minimum Gasteiger partial charge on any atom is -0.329 e. The molecule has 2 aliphatic carbocycles. The SMILES string of the molecule is CN(CCN)CC1CC2CCC1C2. The topological polar surface area (TPSA) is 29.3 Å². The summed E-state index contributed by atoms with van der Waals surface area (Å²) in [6, 6.07) is 0. The van der Waals surface area contributed by atoms with Gasteiger partial charge in [-0.05, 0) is 44.1 Å². The number of hydrogen-bond acceptors (Lipinski definition) is 2. The molecule has 0 aliphatic heterocycles. The van der Waals surface area contributed by atoms with Gasteiger partial charge in [-0.25, -0.2) is 0 Å². The van der Waals surface area contributed by atoms with E-state index in [1.165, 1.54) is 32.2 Å². The maximum absolute atomic E-state index is 5.54. The van der Waals surface area contributed by atoms with E-state index in [2.05, 4.69) is 11.9 Å². The van der Waals surface area contributed by atoms with Crippen LogP contribution in [0.15, 0.2) is 0 Å². The first-order valence-corrected chi connectivity index (χ1v) is 5.68. The van der Waals surface area contributed by atoms with Gasteiger partial charge in [0.05, 0.1) is 0 Å². The van der Waals surface area contributed by atoms with E-state index < -0.39 is 0 Å². The molecule has 76 valence electrons. The van der Waals surface area contributed by atoms with Crippen LogP contribution in [0.5, 0.6) is 0 Å². The quantitative estimate of drug-likeness (QED) is 0.710. The van der Waals surface area contributed by atoms with Crippen molar-refractivity contribution in [3.05, 3.63) is 0 Å². The fourth-order valence-corrected chi connectivity index (χ4v) is 3.31. The van der Waals surface area contributed by atoms with Crippen molar-refractivity contribution < 1.29 is 0 Å². The van der Waals surface area contributed by atoms with E-state index >= 15 is 0 Å². The van der Waals surface area contributed by atoms with Crippen molar-refractivity contribution in [2.75, 3.05) is 26.7 Å². The predicted octanol–water partition coefficient (Wildman–Crippen LogP) is 1.31. The molecule has 0 heterocycles. The first kappa shape index (κ1) is 9.47. The molecule has 0 aromatic heterocycles. The van der Waals surface area contributed by atoms with Gasteiger partial charge >= 0.3 is 0 Å². The van der Waals surface area contributed by atoms with E-state index in [0.29, 0.717) is 0 Å². The van der Waals surface area contributed by atoms with Crippen LogP contribution >= 0.6 is 0 Å². The number of nitrogens with two attached hydrogens (primary N) is 1. The molecule has 0 aromatic carbocycles. The summed E-state index contributed by atoms with van der Waals surface area (Å²) in [5, 5.41) is 0. The van der Waals surface area contributed by atoms with Gasteiger partial charge in [-0.1, -0.05) is 6.42 Å². The minimum absolute atomic E-state index is 0.803. The zero-order chi connectivity index (χ0) is 9.26. The van der Waals surface area contributed by atoms with E-state index in [1.807, 2.05) is 0 Å². The fourth-order valence-electron chi connectivity index (χ4n) is 3.31. The Balaban J connectivity index is 1.76. The molecule has 2 fully saturated rings. The summed E-state index contributed by atoms with van der Waals surface area (Å²) in [5.41, 5.74) is 5.54. The van der Waals surface area contributed by atoms with Crippen molar-refractivity contribution in [2.24, 2.45) is 23.5 Å². The normalized spacial score (nSPS) is 37.6. The van der Waals surface area contributed by atoms with Crippen LogP contribution in [0.2, 0.25) is 0 Å². The lowest BCUT2D eigenvalue weighted by Crippen LogP contribution is -2.32. The Labute approximate surface area is 81.5 Å². The van der Waals surface area contributed by atoms with Crippen LogP contribution in [0.3, 0.4) is 0 Å². The second-order valence-electron chi connectivity index (χ2n) is 4.99. The maximum atomic E-state index is 5.54. The Morgan fingerprint density at radius 2 is 2.15 bits per heavy atom. The molecular formula is C11H22N2. The van der Waals surface area contributed by atoms with Gasteiger partial charge in [-0.2, -0.15) is 0 Å². The zero-order valence-electron chi connectivity index (χ0n) is 8.71. The van der Waals surface area contributed by atoms with Crippen LogP contribution < -0.4 is 5.73 Å². The number of rotatable bonds is 4. The highest BCUT2D eigenvalue weighted by Crippen LogP contribution is 2.48. The maximum Gasteiger partial charge on any atom is 0.0102 e. The van der Waals surface area contributed by atoms with Crippen LogP contribution in [-0.4, -0.2) is 31.6 Å². The Morgan fingerprint density at radius 3 is 2.69 bits per heavy atom. The van der Waals surface area contributed by atoms with Gasteiger partial charge in [-0.3, -0.25) is 0 Å². The van der Waals surface area contributed by atoms with Crippen molar-refractivity contribution in [1.82, 2.24) is 4.90 Å². The highest BCUT2D eigenvalue weighted by Gasteiger charge is 2.39. The first-order valence-electron chi connectivity index (χ1n) is 5.68. The number of nitrogens with zero attached hydrogens (tertiary/aromatic N) is 1. The second-order valence-corrected chi connectivity index (χ2v) is 4.99. The first-order chi connectivity index (χ1) is 6.29. The molecule has 3 unspecified atom stereocenters. The highest BCUT2D eigenvalue weighted by molar-refractivity contribution is 4.90. The molecule has 2 saturated carbocycles. The molecule has 13 heavy (non-hydrogen) atoms. The van der Waals surface area contributed by atoms with E-state index in [0.717, 1.165) is 30.8 Å². The molecule has 2 heteroatoms. The average Bonchev–Trinajstić information content (AvgIpc) is 2.65. The zero-order valence-corrected chi connectivity index (χ0v) is 8.71. The van der Waals surface area contributed by atoms with E-state index in [1.54, 1.807) is 0 Å². The van der Waals surface area contributed by atoms with Gasteiger partial charge in [0.1, 0.15) is 0 Å². The molecule has 0 radical (unpaired) electrons. The standard InChI is InChI=1S/C11H22N2/c1-13(5-4-12)8-11-7-9-2-3-10(11)6-9/h9-11H,2-8,12H2,1H3. The summed E-state index contributed by atoms with van der Waals surface area (Å²) in [6.07, 6.45) is 6.05. The number of fused-ring (bicyclic) bond motifs is 2. The van der Waals surface area contributed by atoms with Crippen molar-refractivity contribution >= 4 is 0 Å². The Kier molecular flexibility index (Phi) is 2.89. The number of hydrogen-bond donors (Lipinski definition) is 1. The number of likely N-dealkylation sites (N-methyl/N-ethyl adjacent to an activating group) is 1. The van der Waals surface area contributed by atoms with Crippen LogP contribution in [0.1, 0.15) is 25.7 Å². The third-order valence-electron chi connectivity index (χ3n) is 3.94. The largest absolute Gasteiger partial charge is 0.329 e. The molecule has 2 bridgehead atoms. The van der Waals surface area contributed by atoms with Gasteiger partial charge in [0.25, 0.3) is 0 Å². The molecule has 0 spiro atoms. The molecule has 2 N–H and O–H groups in total. The van der Waals surface area contributed by atoms with Crippen LogP contribution in [0.4, 0.5) is 0 Å². The van der Waals surface area contributed by atoms with Gasteiger partial charge in [0, 0.05) is 19.6 Å². The second kappa shape index (κ2) is 3.97. The Bertz CT molecular complexity index is 169. The predicted molar refractivity (Wildman–Crippen MR) is 55.5 cm³/mol. The molecule has 0 aromatic rings. The van der Waals surface area contributed by atoms with Crippen molar-refractivity contribution in [2.45, 2.75) is 25.7 Å². The van der Waals surface area contributed by atoms with Crippen molar-refractivity contribution in [3.63, 3.8) is 0 Å². The van der Waals surface area contributed by atoms with Gasteiger partial charge in [0.15, 0.2) is 0 Å². The summed E-state index contributed by atoms with van der Waals surface area (Å²) < 4.78 is 0. The smallest absolute Gasteiger partial charge is 0.0102 e. The van der Waals surface area contributed by atoms with Gasteiger partial charge < -0.3 is 10.6 Å². The summed E-state index contributed by atoms with van der Waals surface area (Å²) in [4.78, 5) is 2.41. The lowest BCUT2D eigenvalue weighted by molar-refractivity contribution is 0.223.